The van der Waals surface area contributed by atoms with Gasteiger partial charge < -0.3 is 20.6 Å². The summed E-state index contributed by atoms with van der Waals surface area (Å²) in [5, 5.41) is 32.3. The predicted octanol–water partition coefficient (Wildman–Crippen LogP) is 4.58. The fraction of sp³-hybridized carbons (Fsp3) is 0.741. The second-order valence-corrected chi connectivity index (χ2v) is 11.4. The van der Waals surface area contributed by atoms with Gasteiger partial charge in [0.15, 0.2) is 5.60 Å². The Balaban J connectivity index is 1.65. The Morgan fingerprint density at radius 2 is 1.97 bits per heavy atom. The monoisotopic (exact) mass is 499 g/mol. The van der Waals surface area contributed by atoms with Gasteiger partial charge in [0.1, 0.15) is 0 Å². The van der Waals surface area contributed by atoms with Gasteiger partial charge in [-0.1, -0.05) is 38.2 Å². The van der Waals surface area contributed by atoms with Gasteiger partial charge in [0.25, 0.3) is 0 Å². The second-order valence-electron chi connectivity index (χ2n) is 11.4. The minimum atomic E-state index is -4.86. The largest absolute Gasteiger partial charge is 0.417 e. The Kier molecular flexibility index (Phi) is 8.29. The lowest BCUT2D eigenvalue weighted by molar-refractivity contribution is -0.253. The van der Waals surface area contributed by atoms with Gasteiger partial charge in [-0.05, 0) is 79.8 Å². The summed E-state index contributed by atoms with van der Waals surface area (Å²) in [6, 6.07) is 0. The van der Waals surface area contributed by atoms with Gasteiger partial charge in [-0.3, -0.25) is 4.79 Å². The number of amides is 1. The van der Waals surface area contributed by atoms with Crippen molar-refractivity contribution in [3.05, 3.63) is 35.5 Å². The minimum absolute atomic E-state index is 0.0345. The number of alkyl halides is 3. The molecular formula is C27H40F3NO4. The van der Waals surface area contributed by atoms with Gasteiger partial charge in [-0.15, -0.1) is 0 Å². The molecule has 3 saturated carbocycles. The highest BCUT2D eigenvalue weighted by Crippen LogP contribution is 2.59. The van der Waals surface area contributed by atoms with Crippen molar-refractivity contribution in [2.24, 2.45) is 23.2 Å². The van der Waals surface area contributed by atoms with E-state index < -0.39 is 36.3 Å². The summed E-state index contributed by atoms with van der Waals surface area (Å²) in [7, 11) is 0. The fourth-order valence-corrected chi connectivity index (χ4v) is 6.57. The number of aliphatic hydroxyl groups is 3. The van der Waals surface area contributed by atoms with E-state index in [-0.39, 0.29) is 17.9 Å². The summed E-state index contributed by atoms with van der Waals surface area (Å²) in [6.45, 7) is 9.21. The molecule has 8 heteroatoms. The van der Waals surface area contributed by atoms with Gasteiger partial charge >= 0.3 is 6.18 Å². The molecule has 0 heterocycles. The molecule has 3 rings (SSSR count). The molecule has 35 heavy (non-hydrogen) atoms. The molecule has 0 saturated heterocycles. The van der Waals surface area contributed by atoms with Crippen molar-refractivity contribution in [2.75, 3.05) is 6.54 Å². The summed E-state index contributed by atoms with van der Waals surface area (Å²) in [5.74, 6) is -0.00721. The molecule has 7 atom stereocenters. The van der Waals surface area contributed by atoms with Crippen LogP contribution in [0.15, 0.2) is 35.5 Å². The summed E-state index contributed by atoms with van der Waals surface area (Å²) in [4.78, 5) is 12.1. The van der Waals surface area contributed by atoms with Crippen molar-refractivity contribution in [1.82, 2.24) is 5.32 Å². The van der Waals surface area contributed by atoms with Crippen LogP contribution in [-0.2, 0) is 4.79 Å². The topological polar surface area (TPSA) is 89.8 Å². The van der Waals surface area contributed by atoms with Gasteiger partial charge in [0.2, 0.25) is 5.91 Å². The maximum absolute atomic E-state index is 12.9. The Morgan fingerprint density at radius 3 is 2.63 bits per heavy atom. The first-order valence-corrected chi connectivity index (χ1v) is 12.7. The van der Waals surface area contributed by atoms with Crippen molar-refractivity contribution in [2.45, 2.75) is 96.1 Å². The Labute approximate surface area is 206 Å². The van der Waals surface area contributed by atoms with Gasteiger partial charge in [-0.25, -0.2) is 0 Å². The molecule has 4 N–H and O–H groups in total. The average molecular weight is 500 g/mol. The van der Waals surface area contributed by atoms with Crippen molar-refractivity contribution < 1.29 is 33.3 Å². The van der Waals surface area contributed by atoms with Crippen LogP contribution in [0.25, 0.3) is 0 Å². The fourth-order valence-electron chi connectivity index (χ4n) is 6.57. The normalized spacial score (nSPS) is 36.7. The van der Waals surface area contributed by atoms with Crippen LogP contribution in [0.2, 0.25) is 0 Å². The highest BCUT2D eigenvalue weighted by atomic mass is 19.4. The van der Waals surface area contributed by atoms with Crippen molar-refractivity contribution in [3.8, 4) is 0 Å². The maximum atomic E-state index is 12.9. The number of carbonyl (C=O) groups excluding carboxylic acids is 1. The van der Waals surface area contributed by atoms with Crippen molar-refractivity contribution in [3.63, 3.8) is 0 Å². The lowest BCUT2D eigenvalue weighted by atomic mass is 9.61. The first-order valence-electron chi connectivity index (χ1n) is 12.7. The summed E-state index contributed by atoms with van der Waals surface area (Å²) >= 11 is 0. The summed E-state index contributed by atoms with van der Waals surface area (Å²) in [5.41, 5.74) is -0.0981. The van der Waals surface area contributed by atoms with Crippen LogP contribution < -0.4 is 5.32 Å². The number of hydrogen-bond donors (Lipinski definition) is 4. The Hall–Kier alpha value is -1.64. The van der Waals surface area contributed by atoms with E-state index in [1.807, 2.05) is 13.0 Å². The van der Waals surface area contributed by atoms with Crippen LogP contribution in [0.4, 0.5) is 13.2 Å². The van der Waals surface area contributed by atoms with Crippen LogP contribution in [0, 0.1) is 23.2 Å². The van der Waals surface area contributed by atoms with E-state index in [0.717, 1.165) is 37.7 Å². The standard InChI is InChI=1S/C27H40F3NO4/c1-16(15-31-24(34)14-26(4,35)27(28,29)30)21-9-10-22-18(6-5-11-25(21,22)3)7-8-19-12-20(32)13-23(33)17(19)2/h7-8,16,20-23,32-33,35H,2,5-6,9-15H2,1,3-4H3,(H,31,34)/b18-7+,19-8-/t16-,20+,21+,22-,23-,25+,26-/m0/s1. The third-order valence-electron chi connectivity index (χ3n) is 8.73. The number of hydrogen-bond acceptors (Lipinski definition) is 4. The first kappa shape index (κ1) is 27.9. The SMILES string of the molecule is C=C1/C(=C\C=C2/CCC[C@]3(C)[C@@H]([C@@H](C)CNC(=O)C[C@](C)(O)C(F)(F)F)CC[C@@H]23)C[C@@H](O)C[C@@H]1O. The van der Waals surface area contributed by atoms with Crippen LogP contribution in [0.3, 0.4) is 0 Å². The number of fused-ring (bicyclic) bond motifs is 1. The van der Waals surface area contributed by atoms with Crippen molar-refractivity contribution >= 4 is 5.91 Å². The third-order valence-corrected chi connectivity index (χ3v) is 8.73. The molecule has 0 unspecified atom stereocenters. The zero-order chi connectivity index (χ0) is 26.2. The van der Waals surface area contributed by atoms with E-state index in [4.69, 9.17) is 0 Å². The zero-order valence-electron chi connectivity index (χ0n) is 21.0. The molecule has 0 radical (unpaired) electrons. The minimum Gasteiger partial charge on any atom is -0.393 e. The highest BCUT2D eigenvalue weighted by Gasteiger charge is 2.52. The van der Waals surface area contributed by atoms with Gasteiger partial charge in [0.05, 0.1) is 18.6 Å². The molecule has 198 valence electrons. The number of nitrogens with one attached hydrogen (secondary N) is 1. The molecule has 5 nitrogen and oxygen atoms in total. The quantitative estimate of drug-likeness (QED) is 0.431. The summed E-state index contributed by atoms with van der Waals surface area (Å²) in [6.07, 6.45) is 2.88. The maximum Gasteiger partial charge on any atom is 0.417 e. The number of aliphatic hydroxyl groups excluding tert-OH is 2. The number of carbonyl (C=O) groups is 1. The van der Waals surface area contributed by atoms with Crippen molar-refractivity contribution in [1.29, 1.82) is 0 Å². The Bertz CT molecular complexity index is 878. The number of rotatable bonds is 6. The lowest BCUT2D eigenvalue weighted by Crippen LogP contribution is -2.47. The second kappa shape index (κ2) is 10.4. The van der Waals surface area contributed by atoms with E-state index in [1.165, 1.54) is 5.57 Å². The molecular weight excluding hydrogens is 459 g/mol. The van der Waals surface area contributed by atoms with Crippen LogP contribution in [-0.4, -0.2) is 51.8 Å². The van der Waals surface area contributed by atoms with Gasteiger partial charge in [-0.2, -0.15) is 13.2 Å². The van der Waals surface area contributed by atoms with E-state index in [2.05, 4.69) is 24.9 Å². The smallest absolute Gasteiger partial charge is 0.393 e. The predicted molar refractivity (Wildman–Crippen MR) is 128 cm³/mol. The molecule has 0 aromatic carbocycles. The average Bonchev–Trinajstić information content (AvgIpc) is 3.10. The molecule has 0 aromatic heterocycles. The number of allylic oxidation sites excluding steroid dienone is 3. The zero-order valence-corrected chi connectivity index (χ0v) is 21.0. The van der Waals surface area contributed by atoms with Gasteiger partial charge in [0, 0.05) is 13.0 Å². The van der Waals surface area contributed by atoms with E-state index in [0.29, 0.717) is 37.2 Å². The van der Waals surface area contributed by atoms with E-state index >= 15 is 0 Å². The number of halogens is 3. The highest BCUT2D eigenvalue weighted by molar-refractivity contribution is 5.77. The van der Waals surface area contributed by atoms with Crippen LogP contribution >= 0.6 is 0 Å². The molecule has 0 spiro atoms. The van der Waals surface area contributed by atoms with E-state index in [9.17, 15) is 33.3 Å². The lowest BCUT2D eigenvalue weighted by Gasteiger charge is -2.44. The molecule has 0 aliphatic heterocycles. The molecule has 3 fully saturated rings. The van der Waals surface area contributed by atoms with Crippen LogP contribution in [0.5, 0.6) is 0 Å². The first-order chi connectivity index (χ1) is 16.2. The van der Waals surface area contributed by atoms with E-state index in [1.54, 1.807) is 0 Å². The molecule has 1 amide bonds. The molecule has 0 bridgehead atoms. The molecule has 3 aliphatic carbocycles. The van der Waals surface area contributed by atoms with Crippen LogP contribution in [0.1, 0.15) is 72.1 Å². The summed E-state index contributed by atoms with van der Waals surface area (Å²) < 4.78 is 38.6. The third kappa shape index (κ3) is 6.03. The molecule has 3 aliphatic rings. The Morgan fingerprint density at radius 1 is 1.29 bits per heavy atom. The molecule has 0 aromatic rings.